The first-order valence-electron chi connectivity index (χ1n) is 7.22. The van der Waals surface area contributed by atoms with Crippen LogP contribution >= 0.6 is 15.9 Å². The van der Waals surface area contributed by atoms with Crippen LogP contribution in [0, 0.1) is 5.92 Å². The fourth-order valence-electron chi connectivity index (χ4n) is 2.79. The van der Waals surface area contributed by atoms with E-state index in [1.54, 1.807) is 26.4 Å². The molecule has 1 aliphatic heterocycles. The Kier molecular flexibility index (Phi) is 5.51. The molecule has 116 valence electrons. The lowest BCUT2D eigenvalue weighted by Gasteiger charge is -2.33. The van der Waals surface area contributed by atoms with Gasteiger partial charge in [-0.3, -0.25) is 4.79 Å². The SMILES string of the molecule is COc1cccc(C(=O)N2CCC(C(C)Br)CC2)c1OC. The molecule has 1 amide bonds. The first kappa shape index (κ1) is 16.1. The minimum Gasteiger partial charge on any atom is -0.493 e. The van der Waals surface area contributed by atoms with E-state index in [0.717, 1.165) is 25.9 Å². The van der Waals surface area contributed by atoms with Crippen molar-refractivity contribution < 1.29 is 14.3 Å². The highest BCUT2D eigenvalue weighted by atomic mass is 79.9. The Morgan fingerprint density at radius 3 is 2.48 bits per heavy atom. The number of methoxy groups -OCH3 is 2. The van der Waals surface area contributed by atoms with E-state index in [-0.39, 0.29) is 5.91 Å². The van der Waals surface area contributed by atoms with Crippen LogP contribution in [0.2, 0.25) is 0 Å². The molecule has 1 aromatic rings. The summed E-state index contributed by atoms with van der Waals surface area (Å²) >= 11 is 3.64. The maximum atomic E-state index is 12.7. The zero-order valence-electron chi connectivity index (χ0n) is 12.8. The molecule has 21 heavy (non-hydrogen) atoms. The van der Waals surface area contributed by atoms with E-state index in [1.807, 2.05) is 11.0 Å². The standard InChI is InChI=1S/C16H22BrNO3/c1-11(17)12-7-9-18(10-8-12)16(19)13-5-4-6-14(20-2)15(13)21-3/h4-6,11-12H,7-10H2,1-3H3. The van der Waals surface area contributed by atoms with Crippen LogP contribution < -0.4 is 9.47 Å². The van der Waals surface area contributed by atoms with Gasteiger partial charge in [-0.05, 0) is 30.9 Å². The summed E-state index contributed by atoms with van der Waals surface area (Å²) in [6.45, 7) is 3.76. The normalized spacial score (nSPS) is 17.4. The van der Waals surface area contributed by atoms with Crippen molar-refractivity contribution in [2.24, 2.45) is 5.92 Å². The van der Waals surface area contributed by atoms with E-state index < -0.39 is 0 Å². The highest BCUT2D eigenvalue weighted by Crippen LogP contribution is 2.33. The molecular weight excluding hydrogens is 334 g/mol. The summed E-state index contributed by atoms with van der Waals surface area (Å²) in [5.74, 6) is 1.76. The number of rotatable bonds is 4. The molecule has 4 nitrogen and oxygen atoms in total. The molecule has 0 saturated carbocycles. The monoisotopic (exact) mass is 355 g/mol. The average Bonchev–Trinajstić information content (AvgIpc) is 2.53. The van der Waals surface area contributed by atoms with E-state index in [4.69, 9.17) is 9.47 Å². The number of para-hydroxylation sites is 1. The fourth-order valence-corrected chi connectivity index (χ4v) is 3.32. The molecule has 0 aromatic heterocycles. The van der Waals surface area contributed by atoms with Crippen LogP contribution in [-0.4, -0.2) is 42.9 Å². The van der Waals surface area contributed by atoms with E-state index in [0.29, 0.717) is 27.8 Å². The van der Waals surface area contributed by atoms with Crippen LogP contribution in [0.25, 0.3) is 0 Å². The van der Waals surface area contributed by atoms with Crippen molar-refractivity contribution in [3.63, 3.8) is 0 Å². The second-order valence-corrected chi connectivity index (χ2v) is 6.79. The Hall–Kier alpha value is -1.23. The number of carbonyl (C=O) groups is 1. The van der Waals surface area contributed by atoms with E-state index in [2.05, 4.69) is 22.9 Å². The summed E-state index contributed by atoms with van der Waals surface area (Å²) in [6.07, 6.45) is 2.06. The molecule has 1 heterocycles. The number of amides is 1. The van der Waals surface area contributed by atoms with Gasteiger partial charge in [-0.1, -0.05) is 28.9 Å². The van der Waals surface area contributed by atoms with Gasteiger partial charge in [0.2, 0.25) is 0 Å². The molecule has 0 N–H and O–H groups in total. The third-order valence-electron chi connectivity index (χ3n) is 4.11. The van der Waals surface area contributed by atoms with Crippen molar-refractivity contribution in [1.82, 2.24) is 4.90 Å². The summed E-state index contributed by atoms with van der Waals surface area (Å²) in [6, 6.07) is 5.42. The lowest BCUT2D eigenvalue weighted by atomic mass is 9.94. The molecule has 2 rings (SSSR count). The minimum atomic E-state index is 0.0198. The van der Waals surface area contributed by atoms with Crippen LogP contribution in [0.1, 0.15) is 30.1 Å². The second-order valence-electron chi connectivity index (χ2n) is 5.35. The first-order valence-corrected chi connectivity index (χ1v) is 8.14. The van der Waals surface area contributed by atoms with Crippen molar-refractivity contribution in [3.05, 3.63) is 23.8 Å². The molecule has 1 aromatic carbocycles. The lowest BCUT2D eigenvalue weighted by Crippen LogP contribution is -2.40. The van der Waals surface area contributed by atoms with Gasteiger partial charge in [0.15, 0.2) is 11.5 Å². The molecule has 1 saturated heterocycles. The maximum Gasteiger partial charge on any atom is 0.257 e. The summed E-state index contributed by atoms with van der Waals surface area (Å²) in [7, 11) is 3.14. The van der Waals surface area contributed by atoms with Crippen molar-refractivity contribution >= 4 is 21.8 Å². The highest BCUT2D eigenvalue weighted by Gasteiger charge is 2.27. The molecule has 1 unspecified atom stereocenters. The number of carbonyl (C=O) groups excluding carboxylic acids is 1. The lowest BCUT2D eigenvalue weighted by molar-refractivity contribution is 0.0687. The third-order valence-corrected chi connectivity index (χ3v) is 4.86. The Morgan fingerprint density at radius 2 is 1.95 bits per heavy atom. The van der Waals surface area contributed by atoms with Gasteiger partial charge in [0, 0.05) is 17.9 Å². The maximum absolute atomic E-state index is 12.7. The quantitative estimate of drug-likeness (QED) is 0.777. The smallest absolute Gasteiger partial charge is 0.257 e. The van der Waals surface area contributed by atoms with Crippen molar-refractivity contribution in [2.45, 2.75) is 24.6 Å². The van der Waals surface area contributed by atoms with E-state index in [9.17, 15) is 4.79 Å². The molecule has 1 aliphatic rings. The molecule has 0 spiro atoms. The number of ether oxygens (including phenoxy) is 2. The number of alkyl halides is 1. The Bertz CT molecular complexity index is 496. The fraction of sp³-hybridized carbons (Fsp3) is 0.562. The number of nitrogens with zero attached hydrogens (tertiary/aromatic N) is 1. The average molecular weight is 356 g/mol. The molecule has 0 aliphatic carbocycles. The number of benzene rings is 1. The predicted octanol–water partition coefficient (Wildman–Crippen LogP) is 3.34. The van der Waals surface area contributed by atoms with Crippen LogP contribution in [0.3, 0.4) is 0 Å². The van der Waals surface area contributed by atoms with Crippen molar-refractivity contribution in [1.29, 1.82) is 0 Å². The second kappa shape index (κ2) is 7.16. The van der Waals surface area contributed by atoms with Crippen LogP contribution in [0.15, 0.2) is 18.2 Å². The molecule has 0 bridgehead atoms. The Morgan fingerprint density at radius 1 is 1.29 bits per heavy atom. The number of halogens is 1. The van der Waals surface area contributed by atoms with Gasteiger partial charge in [0.05, 0.1) is 19.8 Å². The first-order chi connectivity index (χ1) is 10.1. The zero-order chi connectivity index (χ0) is 15.4. The van der Waals surface area contributed by atoms with E-state index >= 15 is 0 Å². The third kappa shape index (κ3) is 3.51. The van der Waals surface area contributed by atoms with Gasteiger partial charge >= 0.3 is 0 Å². The van der Waals surface area contributed by atoms with Gasteiger partial charge in [0.25, 0.3) is 5.91 Å². The van der Waals surface area contributed by atoms with Crippen molar-refractivity contribution in [2.75, 3.05) is 27.3 Å². The van der Waals surface area contributed by atoms with Gasteiger partial charge in [0.1, 0.15) is 0 Å². The molecule has 1 atom stereocenters. The summed E-state index contributed by atoms with van der Waals surface area (Å²) < 4.78 is 10.6. The number of hydrogen-bond acceptors (Lipinski definition) is 3. The topological polar surface area (TPSA) is 38.8 Å². The van der Waals surface area contributed by atoms with Gasteiger partial charge < -0.3 is 14.4 Å². The van der Waals surface area contributed by atoms with E-state index in [1.165, 1.54) is 0 Å². The Balaban J connectivity index is 2.14. The molecular formula is C16H22BrNO3. The Labute approximate surface area is 134 Å². The summed E-state index contributed by atoms with van der Waals surface area (Å²) in [4.78, 5) is 15.1. The largest absolute Gasteiger partial charge is 0.493 e. The predicted molar refractivity (Wildman–Crippen MR) is 86.6 cm³/mol. The molecule has 1 fully saturated rings. The van der Waals surface area contributed by atoms with Crippen LogP contribution in [-0.2, 0) is 0 Å². The van der Waals surface area contributed by atoms with Gasteiger partial charge in [-0.15, -0.1) is 0 Å². The summed E-state index contributed by atoms with van der Waals surface area (Å²) in [5, 5.41) is 0. The number of piperidine rings is 1. The number of likely N-dealkylation sites (tertiary alicyclic amines) is 1. The van der Waals surface area contributed by atoms with Crippen molar-refractivity contribution in [3.8, 4) is 11.5 Å². The van der Waals surface area contributed by atoms with Gasteiger partial charge in [-0.2, -0.15) is 0 Å². The highest BCUT2D eigenvalue weighted by molar-refractivity contribution is 9.09. The minimum absolute atomic E-state index is 0.0198. The summed E-state index contributed by atoms with van der Waals surface area (Å²) in [5.41, 5.74) is 0.571. The van der Waals surface area contributed by atoms with Crippen LogP contribution in [0.4, 0.5) is 0 Å². The van der Waals surface area contributed by atoms with Gasteiger partial charge in [-0.25, -0.2) is 0 Å². The number of hydrogen-bond donors (Lipinski definition) is 0. The zero-order valence-corrected chi connectivity index (χ0v) is 14.4. The molecule has 5 heteroatoms. The van der Waals surface area contributed by atoms with Crippen LogP contribution in [0.5, 0.6) is 11.5 Å². The molecule has 0 radical (unpaired) electrons.